The third kappa shape index (κ3) is 6.70. The number of hydrogen-bond acceptors (Lipinski definition) is 7. The largest absolute Gasteiger partial charge is 0.464 e. The molecule has 17 heteroatoms. The second-order valence-corrected chi connectivity index (χ2v) is 11.0. The van der Waals surface area contributed by atoms with Gasteiger partial charge in [0.1, 0.15) is 0 Å². The van der Waals surface area contributed by atoms with Gasteiger partial charge < -0.3 is 5.11 Å². The molecule has 0 aliphatic carbocycles. The highest BCUT2D eigenvalue weighted by Gasteiger charge is 2.35. The van der Waals surface area contributed by atoms with Crippen LogP contribution in [0.5, 0.6) is 0 Å². The Morgan fingerprint density at radius 2 is 1.92 bits per heavy atom. The van der Waals surface area contributed by atoms with Gasteiger partial charge in [-0.1, -0.05) is 23.7 Å². The number of carboxylic acid groups (broad SMARTS) is 1. The number of thioether (sulfide) groups is 1. The van der Waals surface area contributed by atoms with Gasteiger partial charge in [-0.15, -0.1) is 0 Å². The van der Waals surface area contributed by atoms with E-state index in [4.69, 9.17) is 16.7 Å². The number of nitrogens with zero attached hydrogens (tertiary/aromatic N) is 3. The average Bonchev–Trinajstić information content (AvgIpc) is 3.33. The number of carbonyl (C=O) groups is 3. The monoisotopic (exact) mass is 603 g/mol. The molecule has 0 bridgehead atoms. The fraction of sp³-hybridized carbons (Fsp3) is 0.182. The minimum atomic E-state index is -4.60. The first-order valence-corrected chi connectivity index (χ1v) is 13.5. The van der Waals surface area contributed by atoms with E-state index in [9.17, 15) is 36.0 Å². The number of hydrogen-bond donors (Lipinski definition) is 3. The lowest BCUT2D eigenvalue weighted by Crippen LogP contribution is -2.43. The Morgan fingerprint density at radius 3 is 2.62 bits per heavy atom. The molecule has 0 saturated carbocycles. The van der Waals surface area contributed by atoms with E-state index < -0.39 is 45.7 Å². The summed E-state index contributed by atoms with van der Waals surface area (Å²) in [4.78, 5) is 36.3. The first kappa shape index (κ1) is 28.4. The van der Waals surface area contributed by atoms with Crippen LogP contribution in [0, 0.1) is 0 Å². The minimum Gasteiger partial charge on any atom is -0.464 e. The number of amides is 3. The van der Waals surface area contributed by atoms with Crippen molar-refractivity contribution < 1.29 is 41.1 Å². The Balaban J connectivity index is 1.49. The lowest BCUT2D eigenvalue weighted by Gasteiger charge is -2.14. The zero-order valence-electron chi connectivity index (χ0n) is 19.4. The van der Waals surface area contributed by atoms with Gasteiger partial charge >= 0.3 is 22.5 Å². The zero-order chi connectivity index (χ0) is 28.5. The normalized spacial score (nSPS) is 15.5. The van der Waals surface area contributed by atoms with E-state index >= 15 is 0 Å². The summed E-state index contributed by atoms with van der Waals surface area (Å²) in [5, 5.41) is 12.6. The molecule has 1 aliphatic rings. The molecule has 1 aromatic heterocycles. The van der Waals surface area contributed by atoms with Crippen LogP contribution in [-0.2, 0) is 27.7 Å². The molecule has 206 valence electrons. The molecular formula is C22H17ClF3N5O6S2. The fourth-order valence-electron chi connectivity index (χ4n) is 3.72. The van der Waals surface area contributed by atoms with E-state index in [2.05, 4.69) is 5.10 Å². The van der Waals surface area contributed by atoms with E-state index in [0.29, 0.717) is 28.2 Å². The molecule has 1 aliphatic heterocycles. The van der Waals surface area contributed by atoms with Crippen molar-refractivity contribution in [3.8, 4) is 0 Å². The molecular weight excluding hydrogens is 587 g/mol. The second-order valence-electron chi connectivity index (χ2n) is 8.06. The Bertz CT molecular complexity index is 1620. The van der Waals surface area contributed by atoms with E-state index in [1.807, 2.05) is 4.72 Å². The number of fused-ring (bicyclic) bond motifs is 1. The van der Waals surface area contributed by atoms with Gasteiger partial charge in [0.15, 0.2) is 0 Å². The number of imide groups is 1. The van der Waals surface area contributed by atoms with Gasteiger partial charge in [0, 0.05) is 23.5 Å². The standard InChI is InChI=1S/C22H17ClF3N5O6S2/c23-15-3-2-13(16(9-15)22(24,25)26)11-31-17-4-1-12(7-14(17)10-27-31)8-18-19(32)30(21(35)38-18)6-5-28-39(36,37)29-20(33)34/h1-4,7-10,28-29H,5-6,11H2,(H,33,34)/b18-8-. The number of rotatable bonds is 8. The smallest absolute Gasteiger partial charge is 0.419 e. The zero-order valence-corrected chi connectivity index (χ0v) is 21.8. The molecule has 0 radical (unpaired) electrons. The first-order valence-electron chi connectivity index (χ1n) is 10.8. The molecule has 11 nitrogen and oxygen atoms in total. The van der Waals surface area contributed by atoms with Gasteiger partial charge in [-0.2, -0.15) is 31.4 Å². The maximum atomic E-state index is 13.5. The van der Waals surface area contributed by atoms with Crippen LogP contribution < -0.4 is 9.44 Å². The molecule has 0 atom stereocenters. The van der Waals surface area contributed by atoms with Crippen LogP contribution in [0.4, 0.5) is 22.8 Å². The quantitative estimate of drug-likeness (QED) is 0.328. The van der Waals surface area contributed by atoms with Crippen molar-refractivity contribution in [2.75, 3.05) is 13.1 Å². The molecule has 0 unspecified atom stereocenters. The van der Waals surface area contributed by atoms with Crippen LogP contribution in [-0.4, -0.2) is 58.5 Å². The van der Waals surface area contributed by atoms with Crippen LogP contribution in [0.3, 0.4) is 0 Å². The van der Waals surface area contributed by atoms with Crippen LogP contribution in [0.15, 0.2) is 47.5 Å². The maximum absolute atomic E-state index is 13.5. The molecule has 2 heterocycles. The Labute approximate surface area is 227 Å². The minimum absolute atomic E-state index is 0.0179. The number of halogens is 4. The Hall–Kier alpha value is -3.60. The van der Waals surface area contributed by atoms with E-state index in [1.54, 1.807) is 18.2 Å². The summed E-state index contributed by atoms with van der Waals surface area (Å²) in [6.45, 7) is -0.915. The lowest BCUT2D eigenvalue weighted by molar-refractivity contribution is -0.138. The topological polar surface area (TPSA) is 151 Å². The summed E-state index contributed by atoms with van der Waals surface area (Å²) in [7, 11) is -4.36. The SMILES string of the molecule is O=C(O)NS(=O)(=O)NCCN1C(=O)S/C(=C\c2ccc3c(cnn3Cc3ccc(Cl)cc3C(F)(F)F)c2)C1=O. The third-order valence-electron chi connectivity index (χ3n) is 5.38. The lowest BCUT2D eigenvalue weighted by atomic mass is 10.1. The van der Waals surface area contributed by atoms with Crippen LogP contribution in [0.25, 0.3) is 17.0 Å². The third-order valence-corrected chi connectivity index (χ3v) is 7.55. The van der Waals surface area contributed by atoms with Gasteiger partial charge in [0.25, 0.3) is 11.1 Å². The fourth-order valence-corrected chi connectivity index (χ4v) is 5.42. The summed E-state index contributed by atoms with van der Waals surface area (Å²) in [6, 6.07) is 8.38. The summed E-state index contributed by atoms with van der Waals surface area (Å²) in [6.07, 6.45) is -3.49. The predicted molar refractivity (Wildman–Crippen MR) is 136 cm³/mol. The van der Waals surface area contributed by atoms with Crippen molar-refractivity contribution in [3.63, 3.8) is 0 Å². The highest BCUT2D eigenvalue weighted by atomic mass is 35.5. The van der Waals surface area contributed by atoms with Gasteiger partial charge in [-0.3, -0.25) is 19.2 Å². The van der Waals surface area contributed by atoms with Crippen molar-refractivity contribution in [3.05, 3.63) is 69.2 Å². The number of aromatic nitrogens is 2. The van der Waals surface area contributed by atoms with Crippen molar-refractivity contribution in [1.29, 1.82) is 0 Å². The molecule has 2 aromatic carbocycles. The molecule has 1 fully saturated rings. The van der Waals surface area contributed by atoms with E-state index in [0.717, 1.165) is 11.0 Å². The average molecular weight is 604 g/mol. The molecule has 39 heavy (non-hydrogen) atoms. The summed E-state index contributed by atoms with van der Waals surface area (Å²) in [5.74, 6) is -0.673. The highest BCUT2D eigenvalue weighted by Crippen LogP contribution is 2.35. The Morgan fingerprint density at radius 1 is 1.18 bits per heavy atom. The molecule has 3 N–H and O–H groups in total. The van der Waals surface area contributed by atoms with Crippen molar-refractivity contribution >= 4 is 67.8 Å². The number of alkyl halides is 3. The predicted octanol–water partition coefficient (Wildman–Crippen LogP) is 3.90. The number of carbonyl (C=O) groups excluding carboxylic acids is 2. The molecule has 4 rings (SSSR count). The van der Waals surface area contributed by atoms with Gasteiger partial charge in [-0.05, 0) is 53.2 Å². The maximum Gasteiger partial charge on any atom is 0.419 e. The van der Waals surface area contributed by atoms with Crippen LogP contribution in [0.1, 0.15) is 16.7 Å². The first-order chi connectivity index (χ1) is 18.2. The number of benzene rings is 2. The van der Waals surface area contributed by atoms with Crippen molar-refractivity contribution in [2.24, 2.45) is 0 Å². The van der Waals surface area contributed by atoms with Crippen LogP contribution in [0.2, 0.25) is 5.02 Å². The molecule has 0 spiro atoms. The Kier molecular flexibility index (Phi) is 7.92. The van der Waals surface area contributed by atoms with Crippen LogP contribution >= 0.6 is 23.4 Å². The molecule has 1 saturated heterocycles. The highest BCUT2D eigenvalue weighted by molar-refractivity contribution is 8.18. The summed E-state index contributed by atoms with van der Waals surface area (Å²) < 4.78 is 67.9. The summed E-state index contributed by atoms with van der Waals surface area (Å²) >= 11 is 6.38. The summed E-state index contributed by atoms with van der Waals surface area (Å²) in [5.41, 5.74) is 0.166. The van der Waals surface area contributed by atoms with E-state index in [1.165, 1.54) is 33.8 Å². The van der Waals surface area contributed by atoms with Gasteiger partial charge in [0.2, 0.25) is 0 Å². The van der Waals surface area contributed by atoms with E-state index in [-0.39, 0.29) is 28.6 Å². The molecule has 3 amide bonds. The number of nitrogens with one attached hydrogen (secondary N) is 2. The van der Waals surface area contributed by atoms with Crippen molar-refractivity contribution in [1.82, 2.24) is 24.1 Å². The van der Waals surface area contributed by atoms with Crippen molar-refractivity contribution in [2.45, 2.75) is 12.7 Å². The molecule has 3 aromatic rings. The van der Waals surface area contributed by atoms with Gasteiger partial charge in [-0.25, -0.2) is 9.52 Å². The second kappa shape index (κ2) is 10.9. The van der Waals surface area contributed by atoms with Gasteiger partial charge in [0.05, 0.1) is 28.7 Å².